The van der Waals surface area contributed by atoms with Crippen LogP contribution in [0.4, 0.5) is 18.0 Å². The molecule has 15 heavy (non-hydrogen) atoms. The molecule has 0 saturated heterocycles. The second kappa shape index (κ2) is 3.93. The van der Waals surface area contributed by atoms with Crippen LogP contribution in [-0.2, 0) is 6.18 Å². The number of amides is 1. The normalized spacial score (nSPS) is 11.2. The molecule has 0 saturated carbocycles. The number of ether oxygens (including phenoxy) is 1. The summed E-state index contributed by atoms with van der Waals surface area (Å²) in [5.41, 5.74) is 3.54. The SMILES string of the molecule is NC(=O)Oc1cc(C(F)(F)F)cnc1Cl. The summed E-state index contributed by atoms with van der Waals surface area (Å²) in [5, 5.41) is -0.373. The maximum atomic E-state index is 12.2. The number of halogens is 4. The van der Waals surface area contributed by atoms with E-state index >= 15 is 0 Å². The lowest BCUT2D eigenvalue weighted by Gasteiger charge is -2.08. The summed E-state index contributed by atoms with van der Waals surface area (Å²) in [6.45, 7) is 0. The molecule has 8 heteroatoms. The van der Waals surface area contributed by atoms with Gasteiger partial charge in [0.05, 0.1) is 5.56 Å². The Balaban J connectivity index is 3.11. The number of hydrogen-bond donors (Lipinski definition) is 1. The Labute approximate surface area is 86.8 Å². The second-order valence-electron chi connectivity index (χ2n) is 2.43. The lowest BCUT2D eigenvalue weighted by Crippen LogP contribution is -2.17. The Hall–Kier alpha value is -1.50. The molecule has 0 atom stereocenters. The fourth-order valence-corrected chi connectivity index (χ4v) is 0.905. The Morgan fingerprint density at radius 1 is 1.53 bits per heavy atom. The van der Waals surface area contributed by atoms with Gasteiger partial charge in [-0.15, -0.1) is 0 Å². The Morgan fingerprint density at radius 3 is 2.60 bits per heavy atom. The van der Waals surface area contributed by atoms with Gasteiger partial charge in [-0.3, -0.25) is 0 Å². The van der Waals surface area contributed by atoms with Gasteiger partial charge in [0.25, 0.3) is 0 Å². The summed E-state index contributed by atoms with van der Waals surface area (Å²) in [7, 11) is 0. The topological polar surface area (TPSA) is 65.2 Å². The van der Waals surface area contributed by atoms with Gasteiger partial charge in [-0.1, -0.05) is 11.6 Å². The van der Waals surface area contributed by atoms with Gasteiger partial charge >= 0.3 is 12.3 Å². The predicted molar refractivity (Wildman–Crippen MR) is 44.5 cm³/mol. The van der Waals surface area contributed by atoms with Crippen LogP contribution in [0.25, 0.3) is 0 Å². The van der Waals surface area contributed by atoms with Crippen molar-refractivity contribution in [3.8, 4) is 5.75 Å². The van der Waals surface area contributed by atoms with Gasteiger partial charge in [0, 0.05) is 6.20 Å². The standard InChI is InChI=1S/C7H4ClF3N2O2/c8-5-4(15-6(12)14)1-3(2-13-5)7(9,10)11/h1-2H,(H2,12,14). The molecule has 0 spiro atoms. The number of alkyl halides is 3. The first-order valence-corrected chi connectivity index (χ1v) is 3.88. The Morgan fingerprint density at radius 2 is 2.13 bits per heavy atom. The zero-order valence-corrected chi connectivity index (χ0v) is 7.76. The molecule has 0 bridgehead atoms. The van der Waals surface area contributed by atoms with Crippen molar-refractivity contribution in [1.29, 1.82) is 0 Å². The van der Waals surface area contributed by atoms with E-state index in [1.54, 1.807) is 0 Å². The van der Waals surface area contributed by atoms with Crippen molar-refractivity contribution in [2.24, 2.45) is 5.73 Å². The largest absolute Gasteiger partial charge is 0.418 e. The molecule has 0 aliphatic heterocycles. The first-order valence-electron chi connectivity index (χ1n) is 3.50. The summed E-state index contributed by atoms with van der Waals surface area (Å²) in [6, 6.07) is 0.542. The van der Waals surface area contributed by atoms with Crippen LogP contribution >= 0.6 is 11.6 Å². The predicted octanol–water partition coefficient (Wildman–Crippen LogP) is 2.21. The van der Waals surface area contributed by atoms with E-state index in [9.17, 15) is 18.0 Å². The highest BCUT2D eigenvalue weighted by Gasteiger charge is 2.32. The fourth-order valence-electron chi connectivity index (χ4n) is 0.763. The van der Waals surface area contributed by atoms with Gasteiger partial charge in [-0.2, -0.15) is 13.2 Å². The molecule has 1 amide bonds. The van der Waals surface area contributed by atoms with Gasteiger partial charge in [0.1, 0.15) is 0 Å². The first-order chi connectivity index (χ1) is 6.80. The molecule has 2 N–H and O–H groups in total. The first kappa shape index (κ1) is 11.6. The maximum Gasteiger partial charge on any atom is 0.418 e. The molecular formula is C7H4ClF3N2O2. The molecule has 1 heterocycles. The third kappa shape index (κ3) is 2.98. The van der Waals surface area contributed by atoms with Crippen LogP contribution in [-0.4, -0.2) is 11.1 Å². The minimum Gasteiger partial charge on any atom is -0.407 e. The average Bonchev–Trinajstić information content (AvgIpc) is 2.06. The molecular weight excluding hydrogens is 237 g/mol. The summed E-state index contributed by atoms with van der Waals surface area (Å²) < 4.78 is 40.8. The smallest absolute Gasteiger partial charge is 0.407 e. The molecule has 1 aromatic heterocycles. The van der Waals surface area contributed by atoms with Crippen LogP contribution < -0.4 is 10.5 Å². The van der Waals surface area contributed by atoms with E-state index in [0.29, 0.717) is 12.3 Å². The maximum absolute atomic E-state index is 12.2. The van der Waals surface area contributed by atoms with E-state index in [2.05, 4.69) is 15.5 Å². The number of nitrogens with two attached hydrogens (primary N) is 1. The van der Waals surface area contributed by atoms with Crippen molar-refractivity contribution in [3.63, 3.8) is 0 Å². The van der Waals surface area contributed by atoms with Gasteiger partial charge < -0.3 is 10.5 Å². The summed E-state index contributed by atoms with van der Waals surface area (Å²) in [4.78, 5) is 13.5. The van der Waals surface area contributed by atoms with Crippen LogP contribution in [0.15, 0.2) is 12.3 Å². The molecule has 1 rings (SSSR count). The Bertz CT molecular complexity index is 394. The minimum atomic E-state index is -4.59. The molecule has 0 aliphatic carbocycles. The number of nitrogens with zero attached hydrogens (tertiary/aromatic N) is 1. The molecule has 1 aromatic rings. The number of aromatic nitrogens is 1. The lowest BCUT2D eigenvalue weighted by atomic mass is 10.3. The molecule has 0 aliphatic rings. The highest BCUT2D eigenvalue weighted by molar-refractivity contribution is 6.30. The van der Waals surface area contributed by atoms with E-state index in [-0.39, 0.29) is 5.15 Å². The van der Waals surface area contributed by atoms with Crippen LogP contribution in [0.1, 0.15) is 5.56 Å². The molecule has 0 fully saturated rings. The monoisotopic (exact) mass is 240 g/mol. The Kier molecular flexibility index (Phi) is 3.04. The van der Waals surface area contributed by atoms with E-state index in [4.69, 9.17) is 11.6 Å². The zero-order chi connectivity index (χ0) is 11.6. The summed E-state index contributed by atoms with van der Waals surface area (Å²) >= 11 is 5.38. The lowest BCUT2D eigenvalue weighted by molar-refractivity contribution is -0.137. The van der Waals surface area contributed by atoms with Gasteiger partial charge in [0.2, 0.25) is 0 Å². The van der Waals surface area contributed by atoms with Gasteiger partial charge in [-0.05, 0) is 6.07 Å². The van der Waals surface area contributed by atoms with Crippen molar-refractivity contribution < 1.29 is 22.7 Å². The number of pyridine rings is 1. The number of primary amides is 1. The van der Waals surface area contributed by atoms with Crippen LogP contribution in [0, 0.1) is 0 Å². The molecule has 4 nitrogen and oxygen atoms in total. The number of hydrogen-bond acceptors (Lipinski definition) is 3. The van der Waals surface area contributed by atoms with Crippen molar-refractivity contribution in [3.05, 3.63) is 23.0 Å². The number of carbonyl (C=O) groups excluding carboxylic acids is 1. The van der Waals surface area contributed by atoms with Gasteiger partial charge in [-0.25, -0.2) is 9.78 Å². The van der Waals surface area contributed by atoms with Crippen molar-refractivity contribution in [1.82, 2.24) is 4.98 Å². The number of rotatable bonds is 1. The summed E-state index contributed by atoms with van der Waals surface area (Å²) in [6.07, 6.45) is -5.33. The van der Waals surface area contributed by atoms with Crippen LogP contribution in [0.3, 0.4) is 0 Å². The van der Waals surface area contributed by atoms with Crippen molar-refractivity contribution in [2.75, 3.05) is 0 Å². The van der Waals surface area contributed by atoms with E-state index in [0.717, 1.165) is 0 Å². The van der Waals surface area contributed by atoms with E-state index in [1.165, 1.54) is 0 Å². The fraction of sp³-hybridized carbons (Fsp3) is 0.143. The molecule has 0 radical (unpaired) electrons. The zero-order valence-electron chi connectivity index (χ0n) is 7.01. The van der Waals surface area contributed by atoms with Crippen LogP contribution in [0.2, 0.25) is 5.15 Å². The van der Waals surface area contributed by atoms with Crippen molar-refractivity contribution in [2.45, 2.75) is 6.18 Å². The highest BCUT2D eigenvalue weighted by Crippen LogP contribution is 2.33. The quantitative estimate of drug-likeness (QED) is 0.766. The molecule has 0 aromatic carbocycles. The number of carbonyl (C=O) groups is 1. The average molecular weight is 241 g/mol. The molecule has 82 valence electrons. The third-order valence-electron chi connectivity index (χ3n) is 1.34. The van der Waals surface area contributed by atoms with E-state index < -0.39 is 23.6 Å². The molecule has 0 unspecified atom stereocenters. The third-order valence-corrected chi connectivity index (χ3v) is 1.63. The van der Waals surface area contributed by atoms with Crippen molar-refractivity contribution >= 4 is 17.7 Å². The summed E-state index contributed by atoms with van der Waals surface area (Å²) in [5.74, 6) is -0.529. The van der Waals surface area contributed by atoms with E-state index in [1.807, 2.05) is 0 Å². The minimum absolute atomic E-state index is 0.373. The van der Waals surface area contributed by atoms with Gasteiger partial charge in [0.15, 0.2) is 10.9 Å². The van der Waals surface area contributed by atoms with Crippen LogP contribution in [0.5, 0.6) is 5.75 Å². The highest BCUT2D eigenvalue weighted by atomic mass is 35.5. The second-order valence-corrected chi connectivity index (χ2v) is 2.79.